The van der Waals surface area contributed by atoms with E-state index in [9.17, 15) is 14.7 Å². The second kappa shape index (κ2) is 45.5. The Kier molecular flexibility index (Phi) is 44.0. The Hall–Kier alpha value is -1.84. The third-order valence-corrected chi connectivity index (χ3v) is 10.9. The van der Waals surface area contributed by atoms with Gasteiger partial charge in [-0.2, -0.15) is 0 Å². The van der Waals surface area contributed by atoms with Crippen LogP contribution in [0.15, 0.2) is 36.5 Å². The van der Waals surface area contributed by atoms with Crippen LogP contribution in [0.3, 0.4) is 0 Å². The van der Waals surface area contributed by atoms with Gasteiger partial charge in [0, 0.05) is 6.42 Å². The van der Waals surface area contributed by atoms with Crippen LogP contribution in [-0.4, -0.2) is 23.1 Å². The molecule has 0 aromatic carbocycles. The molecule has 316 valence electrons. The zero-order valence-electron chi connectivity index (χ0n) is 36.3. The van der Waals surface area contributed by atoms with Crippen molar-refractivity contribution in [2.45, 2.75) is 270 Å². The number of hydrogen-bond donors (Lipinski definition) is 1. The summed E-state index contributed by atoms with van der Waals surface area (Å²) in [5.41, 5.74) is 0. The molecule has 54 heavy (non-hydrogen) atoms. The SMILES string of the molecule is CC/C=C\C/C=C\C/C=C\CCCCCCCC(=O)OC(CCCCCCCCCCCCCCCCCCCCCCCCCCCCCC)C(=O)O. The summed E-state index contributed by atoms with van der Waals surface area (Å²) in [6.07, 6.45) is 60.8. The molecule has 0 rings (SSSR count). The fraction of sp³-hybridized carbons (Fsp3) is 0.840. The highest BCUT2D eigenvalue weighted by Crippen LogP contribution is 2.17. The van der Waals surface area contributed by atoms with E-state index in [-0.39, 0.29) is 5.97 Å². The van der Waals surface area contributed by atoms with Gasteiger partial charge in [-0.05, 0) is 51.4 Å². The lowest BCUT2D eigenvalue weighted by Crippen LogP contribution is -2.27. The Morgan fingerprint density at radius 2 is 0.759 bits per heavy atom. The number of carboxylic acids is 1. The molecule has 0 spiro atoms. The number of rotatable bonds is 44. The molecule has 0 aliphatic rings. The minimum atomic E-state index is -1.01. The Balaban J connectivity index is 3.45. The third kappa shape index (κ3) is 42.9. The molecular formula is C50H92O4. The van der Waals surface area contributed by atoms with Crippen molar-refractivity contribution < 1.29 is 19.4 Å². The molecule has 0 amide bonds. The predicted octanol–water partition coefficient (Wildman–Crippen LogP) is 16.9. The van der Waals surface area contributed by atoms with Crippen molar-refractivity contribution in [3.05, 3.63) is 36.5 Å². The Bertz CT molecular complexity index is 859. The molecule has 0 aliphatic heterocycles. The summed E-state index contributed by atoms with van der Waals surface area (Å²) in [4.78, 5) is 23.9. The van der Waals surface area contributed by atoms with Gasteiger partial charge in [-0.3, -0.25) is 4.79 Å². The molecule has 1 atom stereocenters. The number of carbonyl (C=O) groups is 2. The fourth-order valence-corrected chi connectivity index (χ4v) is 7.34. The molecule has 0 aromatic rings. The maximum Gasteiger partial charge on any atom is 0.345 e. The maximum absolute atomic E-state index is 12.2. The maximum atomic E-state index is 12.2. The van der Waals surface area contributed by atoms with Crippen molar-refractivity contribution >= 4 is 11.9 Å². The van der Waals surface area contributed by atoms with Crippen molar-refractivity contribution in [3.8, 4) is 0 Å². The summed E-state index contributed by atoms with van der Waals surface area (Å²) in [5.74, 6) is -1.37. The van der Waals surface area contributed by atoms with Crippen LogP contribution in [0.2, 0.25) is 0 Å². The quantitative estimate of drug-likeness (QED) is 0.0382. The number of allylic oxidation sites excluding steroid dienone is 6. The molecule has 1 N–H and O–H groups in total. The first kappa shape index (κ1) is 52.2. The number of carbonyl (C=O) groups excluding carboxylic acids is 1. The summed E-state index contributed by atoms with van der Waals surface area (Å²) < 4.78 is 5.34. The normalized spacial score (nSPS) is 12.5. The van der Waals surface area contributed by atoms with E-state index in [1.165, 1.54) is 167 Å². The zero-order valence-corrected chi connectivity index (χ0v) is 36.3. The molecule has 0 saturated heterocycles. The van der Waals surface area contributed by atoms with Crippen LogP contribution in [0, 0.1) is 0 Å². The van der Waals surface area contributed by atoms with Crippen molar-refractivity contribution in [2.24, 2.45) is 0 Å². The van der Waals surface area contributed by atoms with Gasteiger partial charge in [-0.1, -0.05) is 243 Å². The molecule has 0 saturated carbocycles. The highest BCUT2D eigenvalue weighted by atomic mass is 16.6. The van der Waals surface area contributed by atoms with Crippen LogP contribution in [0.4, 0.5) is 0 Å². The van der Waals surface area contributed by atoms with Crippen LogP contribution in [-0.2, 0) is 14.3 Å². The van der Waals surface area contributed by atoms with Crippen LogP contribution in [0.5, 0.6) is 0 Å². The first-order chi connectivity index (χ1) is 26.6. The van der Waals surface area contributed by atoms with Gasteiger partial charge in [-0.15, -0.1) is 0 Å². The highest BCUT2D eigenvalue weighted by Gasteiger charge is 2.21. The standard InChI is InChI=1S/C50H92O4/c1-3-5-7-9-11-13-15-17-19-20-21-22-23-24-25-26-27-28-29-30-31-33-34-36-38-40-42-44-46-48(50(52)53)54-49(51)47-45-43-41-39-37-35-32-18-16-14-12-10-8-6-4-2/h6,8,12,14,18,32,48H,3-5,7,9-11,13,15-17,19-31,33-47H2,1-2H3,(H,52,53)/b8-6-,14-12-,32-18-. The van der Waals surface area contributed by atoms with Gasteiger partial charge in [0.15, 0.2) is 6.10 Å². The molecule has 4 nitrogen and oxygen atoms in total. The van der Waals surface area contributed by atoms with Crippen LogP contribution in [0.1, 0.15) is 264 Å². The Morgan fingerprint density at radius 1 is 0.426 bits per heavy atom. The van der Waals surface area contributed by atoms with Crippen molar-refractivity contribution in [3.63, 3.8) is 0 Å². The number of hydrogen-bond acceptors (Lipinski definition) is 3. The average Bonchev–Trinajstić information content (AvgIpc) is 3.16. The van der Waals surface area contributed by atoms with Gasteiger partial charge in [0.25, 0.3) is 0 Å². The van der Waals surface area contributed by atoms with Gasteiger partial charge in [0.2, 0.25) is 0 Å². The Morgan fingerprint density at radius 3 is 1.15 bits per heavy atom. The molecule has 0 fully saturated rings. The topological polar surface area (TPSA) is 63.6 Å². The number of carboxylic acid groups (broad SMARTS) is 1. The van der Waals surface area contributed by atoms with E-state index in [1.807, 2.05) is 0 Å². The largest absolute Gasteiger partial charge is 0.479 e. The van der Waals surface area contributed by atoms with E-state index in [4.69, 9.17) is 4.74 Å². The molecule has 4 heteroatoms. The molecule has 0 radical (unpaired) electrons. The summed E-state index contributed by atoms with van der Waals surface area (Å²) in [5, 5.41) is 9.54. The predicted molar refractivity (Wildman–Crippen MR) is 236 cm³/mol. The van der Waals surface area contributed by atoms with Crippen LogP contribution in [0.25, 0.3) is 0 Å². The number of esters is 1. The van der Waals surface area contributed by atoms with Crippen molar-refractivity contribution in [1.82, 2.24) is 0 Å². The zero-order chi connectivity index (χ0) is 39.3. The molecule has 0 heterocycles. The lowest BCUT2D eigenvalue weighted by molar-refractivity contribution is -0.164. The van der Waals surface area contributed by atoms with Crippen LogP contribution < -0.4 is 0 Å². The number of aliphatic carboxylic acids is 1. The van der Waals surface area contributed by atoms with E-state index >= 15 is 0 Å². The van der Waals surface area contributed by atoms with Gasteiger partial charge >= 0.3 is 11.9 Å². The molecule has 0 aliphatic carbocycles. The molecule has 0 bridgehead atoms. The number of unbranched alkanes of at least 4 members (excludes halogenated alkanes) is 32. The fourth-order valence-electron chi connectivity index (χ4n) is 7.34. The minimum Gasteiger partial charge on any atom is -0.479 e. The summed E-state index contributed by atoms with van der Waals surface area (Å²) in [6.45, 7) is 4.45. The minimum absolute atomic E-state index is 0.322. The van der Waals surface area contributed by atoms with Gasteiger partial charge < -0.3 is 9.84 Å². The van der Waals surface area contributed by atoms with E-state index in [0.717, 1.165) is 70.6 Å². The average molecular weight is 757 g/mol. The summed E-state index contributed by atoms with van der Waals surface area (Å²) in [7, 11) is 0. The van der Waals surface area contributed by atoms with Crippen molar-refractivity contribution in [2.75, 3.05) is 0 Å². The lowest BCUT2D eigenvalue weighted by Gasteiger charge is -2.13. The first-order valence-corrected chi connectivity index (χ1v) is 24.0. The molecular weight excluding hydrogens is 665 g/mol. The van der Waals surface area contributed by atoms with E-state index in [2.05, 4.69) is 50.3 Å². The Labute approximate surface area is 337 Å². The van der Waals surface area contributed by atoms with E-state index < -0.39 is 12.1 Å². The second-order valence-corrected chi connectivity index (χ2v) is 16.3. The lowest BCUT2D eigenvalue weighted by atomic mass is 10.0. The van der Waals surface area contributed by atoms with E-state index in [1.54, 1.807) is 0 Å². The van der Waals surface area contributed by atoms with E-state index in [0.29, 0.717) is 12.8 Å². The molecule has 1 unspecified atom stereocenters. The smallest absolute Gasteiger partial charge is 0.345 e. The highest BCUT2D eigenvalue weighted by molar-refractivity contribution is 5.77. The van der Waals surface area contributed by atoms with Gasteiger partial charge in [0.1, 0.15) is 0 Å². The number of ether oxygens (including phenoxy) is 1. The van der Waals surface area contributed by atoms with Crippen LogP contribution >= 0.6 is 0 Å². The van der Waals surface area contributed by atoms with Gasteiger partial charge in [-0.25, -0.2) is 4.79 Å². The third-order valence-electron chi connectivity index (χ3n) is 10.9. The monoisotopic (exact) mass is 757 g/mol. The first-order valence-electron chi connectivity index (χ1n) is 24.0. The molecule has 0 aromatic heterocycles. The summed E-state index contributed by atoms with van der Waals surface area (Å²) >= 11 is 0. The second-order valence-electron chi connectivity index (χ2n) is 16.3. The van der Waals surface area contributed by atoms with Crippen molar-refractivity contribution in [1.29, 1.82) is 0 Å². The summed E-state index contributed by atoms with van der Waals surface area (Å²) in [6, 6.07) is 0. The van der Waals surface area contributed by atoms with Gasteiger partial charge in [0.05, 0.1) is 0 Å².